The highest BCUT2D eigenvalue weighted by Crippen LogP contribution is 2.12. The van der Waals surface area contributed by atoms with Crippen LogP contribution in [0.5, 0.6) is 5.88 Å². The Morgan fingerprint density at radius 2 is 2.29 bits per heavy atom. The molecule has 0 aliphatic rings. The average molecular weight is 196 g/mol. The van der Waals surface area contributed by atoms with Gasteiger partial charge < -0.3 is 14.8 Å². The lowest BCUT2D eigenvalue weighted by Crippen LogP contribution is -2.19. The highest BCUT2D eigenvalue weighted by molar-refractivity contribution is 5.24. The molecule has 0 aliphatic carbocycles. The van der Waals surface area contributed by atoms with Gasteiger partial charge in [0.1, 0.15) is 0 Å². The van der Waals surface area contributed by atoms with Gasteiger partial charge in [-0.15, -0.1) is 0 Å². The molecule has 0 spiro atoms. The van der Waals surface area contributed by atoms with Crippen LogP contribution >= 0.6 is 0 Å². The minimum atomic E-state index is 0.678. The molecule has 1 N–H and O–H groups in total. The number of nitrogens with one attached hydrogen (secondary N) is 1. The van der Waals surface area contributed by atoms with E-state index >= 15 is 0 Å². The molecule has 0 bridgehead atoms. The van der Waals surface area contributed by atoms with Crippen LogP contribution < -0.4 is 10.1 Å². The van der Waals surface area contributed by atoms with Gasteiger partial charge >= 0.3 is 0 Å². The molecule has 0 amide bonds. The Hall–Kier alpha value is -1.13. The maximum Gasteiger partial charge on any atom is 0.217 e. The monoisotopic (exact) mass is 196 g/mol. The molecular weight excluding hydrogens is 180 g/mol. The minimum absolute atomic E-state index is 0.678. The predicted molar refractivity (Wildman–Crippen MR) is 54.4 cm³/mol. The van der Waals surface area contributed by atoms with Gasteiger partial charge in [0.25, 0.3) is 0 Å². The first-order valence-electron chi connectivity index (χ1n) is 4.56. The Bertz CT molecular complexity index is 266. The van der Waals surface area contributed by atoms with Crippen molar-refractivity contribution in [3.8, 4) is 5.88 Å². The Kier molecular flexibility index (Phi) is 4.96. The van der Waals surface area contributed by atoms with Gasteiger partial charge in [0, 0.05) is 32.0 Å². The topological polar surface area (TPSA) is 43.4 Å². The summed E-state index contributed by atoms with van der Waals surface area (Å²) < 4.78 is 10.0. The quantitative estimate of drug-likeness (QED) is 0.684. The zero-order chi connectivity index (χ0) is 10.2. The number of methoxy groups -OCH3 is 2. The van der Waals surface area contributed by atoms with Gasteiger partial charge in [-0.3, -0.25) is 0 Å². The van der Waals surface area contributed by atoms with Crippen molar-refractivity contribution in [2.45, 2.75) is 6.54 Å². The van der Waals surface area contributed by atoms with Crippen molar-refractivity contribution < 1.29 is 9.47 Å². The molecule has 0 unspecified atom stereocenters. The Balaban J connectivity index is 2.41. The standard InChI is InChI=1S/C10H16N2O2/c1-13-7-6-11-8-9-4-3-5-12-10(9)14-2/h3-5,11H,6-8H2,1-2H3. The van der Waals surface area contributed by atoms with Crippen LogP contribution in [-0.2, 0) is 11.3 Å². The number of rotatable bonds is 6. The Labute approximate surface area is 84.3 Å². The molecule has 78 valence electrons. The first kappa shape index (κ1) is 10.9. The van der Waals surface area contributed by atoms with E-state index < -0.39 is 0 Å². The summed E-state index contributed by atoms with van der Waals surface area (Å²) in [6.45, 7) is 2.29. The third-order valence-corrected chi connectivity index (χ3v) is 1.84. The summed E-state index contributed by atoms with van der Waals surface area (Å²) in [6, 6.07) is 3.89. The molecule has 0 radical (unpaired) electrons. The second kappa shape index (κ2) is 6.34. The molecule has 1 aromatic rings. The van der Waals surface area contributed by atoms with E-state index in [0.717, 1.165) is 18.7 Å². The lowest BCUT2D eigenvalue weighted by Gasteiger charge is -2.07. The molecule has 0 saturated heterocycles. The van der Waals surface area contributed by atoms with Gasteiger partial charge in [-0.1, -0.05) is 6.07 Å². The molecule has 0 saturated carbocycles. The van der Waals surface area contributed by atoms with Crippen molar-refractivity contribution in [3.05, 3.63) is 23.9 Å². The van der Waals surface area contributed by atoms with Crippen molar-refractivity contribution in [1.82, 2.24) is 10.3 Å². The molecule has 1 rings (SSSR count). The zero-order valence-electron chi connectivity index (χ0n) is 8.62. The highest BCUT2D eigenvalue weighted by atomic mass is 16.5. The van der Waals surface area contributed by atoms with Crippen LogP contribution in [0.4, 0.5) is 0 Å². The zero-order valence-corrected chi connectivity index (χ0v) is 8.62. The van der Waals surface area contributed by atoms with Gasteiger partial charge in [0.15, 0.2) is 0 Å². The smallest absolute Gasteiger partial charge is 0.217 e. The van der Waals surface area contributed by atoms with Gasteiger partial charge in [0.05, 0.1) is 13.7 Å². The first-order valence-corrected chi connectivity index (χ1v) is 4.56. The van der Waals surface area contributed by atoms with Crippen LogP contribution in [0, 0.1) is 0 Å². The SMILES string of the molecule is COCCNCc1cccnc1OC. The number of ether oxygens (including phenoxy) is 2. The van der Waals surface area contributed by atoms with Gasteiger partial charge in [-0.2, -0.15) is 0 Å². The number of hydrogen-bond acceptors (Lipinski definition) is 4. The van der Waals surface area contributed by atoms with Crippen molar-refractivity contribution in [2.24, 2.45) is 0 Å². The fraction of sp³-hybridized carbons (Fsp3) is 0.500. The Morgan fingerprint density at radius 1 is 1.43 bits per heavy atom. The summed E-state index contributed by atoms with van der Waals surface area (Å²) in [4.78, 5) is 4.10. The van der Waals surface area contributed by atoms with Crippen LogP contribution in [-0.4, -0.2) is 32.4 Å². The first-order chi connectivity index (χ1) is 6.88. The maximum absolute atomic E-state index is 5.12. The van der Waals surface area contributed by atoms with Crippen molar-refractivity contribution in [3.63, 3.8) is 0 Å². The van der Waals surface area contributed by atoms with Gasteiger partial charge in [-0.25, -0.2) is 4.98 Å². The summed E-state index contributed by atoms with van der Waals surface area (Å²) in [5, 5.41) is 3.23. The van der Waals surface area contributed by atoms with E-state index in [-0.39, 0.29) is 0 Å². The summed E-state index contributed by atoms with van der Waals surface area (Å²) in [7, 11) is 3.31. The van der Waals surface area contributed by atoms with E-state index in [2.05, 4.69) is 10.3 Å². The van der Waals surface area contributed by atoms with Crippen LogP contribution in [0.15, 0.2) is 18.3 Å². The number of hydrogen-bond donors (Lipinski definition) is 1. The third kappa shape index (κ3) is 3.32. The van der Waals surface area contributed by atoms with E-state index in [1.807, 2.05) is 12.1 Å². The van der Waals surface area contributed by atoms with Crippen molar-refractivity contribution in [1.29, 1.82) is 0 Å². The fourth-order valence-electron chi connectivity index (χ4n) is 1.14. The van der Waals surface area contributed by atoms with Crippen molar-refractivity contribution >= 4 is 0 Å². The number of nitrogens with zero attached hydrogens (tertiary/aromatic N) is 1. The molecule has 4 heteroatoms. The molecule has 4 nitrogen and oxygen atoms in total. The van der Waals surface area contributed by atoms with E-state index in [1.165, 1.54) is 0 Å². The summed E-state index contributed by atoms with van der Waals surface area (Å²) in [5.74, 6) is 0.678. The lowest BCUT2D eigenvalue weighted by molar-refractivity contribution is 0.199. The van der Waals surface area contributed by atoms with Crippen LogP contribution in [0.1, 0.15) is 5.56 Å². The summed E-state index contributed by atoms with van der Waals surface area (Å²) >= 11 is 0. The van der Waals surface area contributed by atoms with E-state index in [1.54, 1.807) is 20.4 Å². The minimum Gasteiger partial charge on any atom is -0.481 e. The molecule has 14 heavy (non-hydrogen) atoms. The lowest BCUT2D eigenvalue weighted by atomic mass is 10.2. The van der Waals surface area contributed by atoms with E-state index in [9.17, 15) is 0 Å². The van der Waals surface area contributed by atoms with E-state index in [0.29, 0.717) is 12.5 Å². The second-order valence-corrected chi connectivity index (χ2v) is 2.84. The molecule has 1 aromatic heterocycles. The van der Waals surface area contributed by atoms with Gasteiger partial charge in [-0.05, 0) is 6.07 Å². The van der Waals surface area contributed by atoms with Crippen LogP contribution in [0.2, 0.25) is 0 Å². The summed E-state index contributed by atoms with van der Waals surface area (Å²) in [6.07, 6.45) is 1.72. The molecule has 0 aromatic carbocycles. The molecule has 0 atom stereocenters. The Morgan fingerprint density at radius 3 is 3.00 bits per heavy atom. The maximum atomic E-state index is 5.12. The van der Waals surface area contributed by atoms with E-state index in [4.69, 9.17) is 9.47 Å². The van der Waals surface area contributed by atoms with Gasteiger partial charge in [0.2, 0.25) is 5.88 Å². The molecular formula is C10H16N2O2. The second-order valence-electron chi connectivity index (χ2n) is 2.84. The highest BCUT2D eigenvalue weighted by Gasteiger charge is 2.01. The molecule has 0 aliphatic heterocycles. The number of pyridine rings is 1. The normalized spacial score (nSPS) is 10.1. The largest absolute Gasteiger partial charge is 0.481 e. The number of aromatic nitrogens is 1. The molecule has 0 fully saturated rings. The van der Waals surface area contributed by atoms with Crippen LogP contribution in [0.25, 0.3) is 0 Å². The average Bonchev–Trinajstić information content (AvgIpc) is 2.25. The van der Waals surface area contributed by atoms with Crippen LogP contribution in [0.3, 0.4) is 0 Å². The third-order valence-electron chi connectivity index (χ3n) is 1.84. The van der Waals surface area contributed by atoms with Crippen molar-refractivity contribution in [2.75, 3.05) is 27.4 Å². The fourth-order valence-corrected chi connectivity index (χ4v) is 1.14. The summed E-state index contributed by atoms with van der Waals surface area (Å²) in [5.41, 5.74) is 1.06. The molecule has 1 heterocycles. The predicted octanol–water partition coefficient (Wildman–Crippen LogP) is 0.826.